The molecule has 0 unspecified atom stereocenters. The molecule has 1 aliphatic rings. The summed E-state index contributed by atoms with van der Waals surface area (Å²) in [7, 11) is 0. The molecule has 3 N–H and O–H groups in total. The third-order valence-corrected chi connectivity index (χ3v) is 5.88. The van der Waals surface area contributed by atoms with E-state index in [0.717, 1.165) is 29.5 Å². The van der Waals surface area contributed by atoms with Crippen LogP contribution in [-0.2, 0) is 11.3 Å². The van der Waals surface area contributed by atoms with Crippen LogP contribution in [0.4, 0.5) is 0 Å². The maximum absolute atomic E-state index is 10.6. The topological polar surface area (TPSA) is 87.4 Å². The number of aliphatic hydroxyl groups is 1. The highest BCUT2D eigenvalue weighted by molar-refractivity contribution is 5.69. The fraction of sp³-hybridized carbons (Fsp3) is 0.308. The molecule has 0 spiro atoms. The predicted octanol–water partition coefficient (Wildman–Crippen LogP) is 3.58. The van der Waals surface area contributed by atoms with Gasteiger partial charge in [-0.3, -0.25) is 4.79 Å². The van der Waals surface area contributed by atoms with Gasteiger partial charge in [0, 0.05) is 24.0 Å². The number of hydrogen-bond acceptors (Lipinski definition) is 4. The van der Waals surface area contributed by atoms with Crippen molar-refractivity contribution in [3.05, 3.63) is 77.9 Å². The number of aromatic nitrogens is 2. The molecule has 1 aliphatic carbocycles. The molecule has 6 heteroatoms. The number of rotatable bonds is 7. The first-order valence-corrected chi connectivity index (χ1v) is 10.8. The number of nitrogens with one attached hydrogen (secondary N) is 1. The summed E-state index contributed by atoms with van der Waals surface area (Å²) in [6, 6.07) is 17.1. The van der Waals surface area contributed by atoms with Gasteiger partial charge in [-0.1, -0.05) is 48.2 Å². The molecule has 0 aliphatic heterocycles. The number of aliphatic carboxylic acids is 1. The molecule has 3 aromatic rings. The van der Waals surface area contributed by atoms with Crippen molar-refractivity contribution in [2.24, 2.45) is 0 Å². The average Bonchev–Trinajstić information content (AvgIpc) is 3.22. The molecule has 0 radical (unpaired) electrons. The number of hydrogen-bond donors (Lipinski definition) is 3. The molecule has 32 heavy (non-hydrogen) atoms. The van der Waals surface area contributed by atoms with Crippen molar-refractivity contribution in [3.63, 3.8) is 0 Å². The summed E-state index contributed by atoms with van der Waals surface area (Å²) in [6.45, 7) is 2.21. The smallest absolute Gasteiger partial charge is 0.317 e. The van der Waals surface area contributed by atoms with Gasteiger partial charge >= 0.3 is 5.97 Å². The van der Waals surface area contributed by atoms with Gasteiger partial charge in [0.1, 0.15) is 11.9 Å². The van der Waals surface area contributed by atoms with Crippen molar-refractivity contribution < 1.29 is 15.0 Å². The van der Waals surface area contributed by atoms with Crippen molar-refractivity contribution in [2.75, 3.05) is 6.54 Å². The summed E-state index contributed by atoms with van der Waals surface area (Å²) in [4.78, 5) is 14.8. The lowest BCUT2D eigenvalue weighted by Crippen LogP contribution is -2.42. The lowest BCUT2D eigenvalue weighted by atomic mass is 9.75. The molecule has 4 rings (SSSR count). The van der Waals surface area contributed by atoms with Gasteiger partial charge in [0.2, 0.25) is 0 Å². The van der Waals surface area contributed by atoms with Crippen LogP contribution in [0.1, 0.15) is 48.7 Å². The van der Waals surface area contributed by atoms with Gasteiger partial charge in [-0.15, -0.1) is 0 Å². The summed E-state index contributed by atoms with van der Waals surface area (Å²) in [5, 5.41) is 21.5. The van der Waals surface area contributed by atoms with Crippen LogP contribution >= 0.6 is 0 Å². The van der Waals surface area contributed by atoms with Gasteiger partial charge in [-0.05, 0) is 54.5 Å². The first-order chi connectivity index (χ1) is 15.5. The van der Waals surface area contributed by atoms with Crippen LogP contribution in [0.25, 0.3) is 11.1 Å². The first-order valence-electron chi connectivity index (χ1n) is 10.8. The highest BCUT2D eigenvalue weighted by Gasteiger charge is 2.30. The second kappa shape index (κ2) is 9.82. The number of nitrogens with zero attached hydrogens (tertiary/aromatic N) is 2. The number of carboxylic acid groups (broad SMARTS) is 1. The van der Waals surface area contributed by atoms with E-state index >= 15 is 0 Å². The van der Waals surface area contributed by atoms with E-state index in [1.54, 1.807) is 13.1 Å². The Labute approximate surface area is 187 Å². The SMILES string of the molecule is C[C@H](O)c1nccn1CC#Cc1ccc(-c2ccc(C3CC(NCC(=O)O)C3)cc2)cc1. The minimum atomic E-state index is -0.807. The highest BCUT2D eigenvalue weighted by atomic mass is 16.4. The first kappa shape index (κ1) is 21.8. The van der Waals surface area contributed by atoms with E-state index < -0.39 is 12.1 Å². The van der Waals surface area contributed by atoms with Crippen molar-refractivity contribution in [1.82, 2.24) is 14.9 Å². The fourth-order valence-corrected chi connectivity index (χ4v) is 4.03. The standard InChI is InChI=1S/C26H27N3O3/c1-18(30)26-27-12-14-29(26)13-2-3-19-4-6-20(7-5-19)21-8-10-22(11-9-21)23-15-24(16-23)28-17-25(31)32/h4-12,14,18,23-24,28,30H,13,15-17H2,1H3,(H,31,32)/t18-,23?,24?/m0/s1. The Kier molecular flexibility index (Phi) is 6.69. The third-order valence-electron chi connectivity index (χ3n) is 5.88. The largest absolute Gasteiger partial charge is 0.480 e. The van der Waals surface area contributed by atoms with E-state index in [4.69, 9.17) is 5.11 Å². The monoisotopic (exact) mass is 429 g/mol. The summed E-state index contributed by atoms with van der Waals surface area (Å²) < 4.78 is 1.85. The number of imidazole rings is 1. The molecule has 6 nitrogen and oxygen atoms in total. The zero-order valence-electron chi connectivity index (χ0n) is 18.0. The Morgan fingerprint density at radius 1 is 1.16 bits per heavy atom. The van der Waals surface area contributed by atoms with E-state index in [-0.39, 0.29) is 6.54 Å². The second-order valence-corrected chi connectivity index (χ2v) is 8.23. The molecular formula is C26H27N3O3. The summed E-state index contributed by atoms with van der Waals surface area (Å²) in [5.74, 6) is 6.61. The molecular weight excluding hydrogens is 402 g/mol. The van der Waals surface area contributed by atoms with Crippen LogP contribution in [0.15, 0.2) is 60.9 Å². The molecule has 0 amide bonds. The molecule has 2 aromatic carbocycles. The molecule has 1 saturated carbocycles. The zero-order valence-corrected chi connectivity index (χ0v) is 18.0. The minimum Gasteiger partial charge on any atom is -0.480 e. The van der Waals surface area contributed by atoms with E-state index in [9.17, 15) is 9.90 Å². The van der Waals surface area contributed by atoms with Gasteiger partial charge in [0.15, 0.2) is 0 Å². The summed E-state index contributed by atoms with van der Waals surface area (Å²) in [5.41, 5.74) is 4.55. The Hall–Kier alpha value is -3.40. The zero-order chi connectivity index (χ0) is 22.5. The molecule has 164 valence electrons. The van der Waals surface area contributed by atoms with Crippen molar-refractivity contribution in [1.29, 1.82) is 0 Å². The number of aliphatic hydroxyl groups excluding tert-OH is 1. The molecule has 1 fully saturated rings. The van der Waals surface area contributed by atoms with Crippen molar-refractivity contribution in [2.45, 2.75) is 44.4 Å². The molecule has 1 atom stereocenters. The Morgan fingerprint density at radius 3 is 2.44 bits per heavy atom. The van der Waals surface area contributed by atoms with Crippen molar-refractivity contribution >= 4 is 5.97 Å². The molecule has 0 saturated heterocycles. The number of carbonyl (C=O) groups is 1. The van der Waals surface area contributed by atoms with E-state index in [2.05, 4.69) is 58.5 Å². The van der Waals surface area contributed by atoms with E-state index in [1.165, 1.54) is 5.56 Å². The number of benzene rings is 2. The second-order valence-electron chi connectivity index (χ2n) is 8.23. The summed E-state index contributed by atoms with van der Waals surface area (Å²) >= 11 is 0. The summed E-state index contributed by atoms with van der Waals surface area (Å²) in [6.07, 6.45) is 4.84. The van der Waals surface area contributed by atoms with Crippen LogP contribution in [0.5, 0.6) is 0 Å². The Balaban J connectivity index is 1.33. The quantitative estimate of drug-likeness (QED) is 0.500. The lowest BCUT2D eigenvalue weighted by molar-refractivity contribution is -0.136. The fourth-order valence-electron chi connectivity index (χ4n) is 4.03. The molecule has 0 bridgehead atoms. The Morgan fingerprint density at radius 2 is 1.81 bits per heavy atom. The highest BCUT2D eigenvalue weighted by Crippen LogP contribution is 2.37. The van der Waals surface area contributed by atoms with Gasteiger partial charge < -0.3 is 20.1 Å². The number of carboxylic acids is 1. The van der Waals surface area contributed by atoms with Crippen LogP contribution in [-0.4, -0.2) is 38.3 Å². The van der Waals surface area contributed by atoms with Crippen molar-refractivity contribution in [3.8, 4) is 23.0 Å². The van der Waals surface area contributed by atoms with E-state index in [0.29, 0.717) is 24.3 Å². The van der Waals surface area contributed by atoms with E-state index in [1.807, 2.05) is 22.9 Å². The lowest BCUT2D eigenvalue weighted by Gasteiger charge is -2.36. The van der Waals surface area contributed by atoms with Gasteiger partial charge in [0.25, 0.3) is 0 Å². The van der Waals surface area contributed by atoms with Crippen LogP contribution < -0.4 is 5.32 Å². The van der Waals surface area contributed by atoms with Gasteiger partial charge in [0.05, 0.1) is 13.1 Å². The average molecular weight is 430 g/mol. The van der Waals surface area contributed by atoms with Gasteiger partial charge in [-0.2, -0.15) is 0 Å². The maximum Gasteiger partial charge on any atom is 0.317 e. The third kappa shape index (κ3) is 5.25. The van der Waals surface area contributed by atoms with Crippen LogP contribution in [0.3, 0.4) is 0 Å². The minimum absolute atomic E-state index is 0.0309. The normalized spacial score (nSPS) is 18.3. The van der Waals surface area contributed by atoms with Gasteiger partial charge in [-0.25, -0.2) is 4.98 Å². The molecule has 1 aromatic heterocycles. The maximum atomic E-state index is 10.6. The Bertz CT molecular complexity index is 1120. The van der Waals surface area contributed by atoms with Crippen LogP contribution in [0.2, 0.25) is 0 Å². The predicted molar refractivity (Wildman–Crippen MR) is 123 cm³/mol. The molecule has 1 heterocycles. The van der Waals surface area contributed by atoms with Crippen LogP contribution in [0, 0.1) is 11.8 Å².